The maximum atomic E-state index is 13.0. The monoisotopic (exact) mass is 472 g/mol. The number of nitrogens with two attached hydrogens (primary N) is 1. The van der Waals surface area contributed by atoms with Crippen molar-refractivity contribution in [2.75, 3.05) is 12.3 Å². The summed E-state index contributed by atoms with van der Waals surface area (Å²) in [5, 5.41) is 10.7. The number of allylic oxidation sites excluding steroid dienone is 1. The molecule has 1 saturated heterocycles. The third-order valence-corrected chi connectivity index (χ3v) is 5.15. The van der Waals surface area contributed by atoms with E-state index in [9.17, 15) is 24.5 Å². The quantitative estimate of drug-likeness (QED) is 0.167. The van der Waals surface area contributed by atoms with Gasteiger partial charge < -0.3 is 19.9 Å². The number of nitrogen functional groups attached to an aromatic ring is 1. The van der Waals surface area contributed by atoms with Gasteiger partial charge in [-0.3, -0.25) is 24.5 Å². The number of carbonyl (C=O) groups excluding carboxylic acids is 1. The minimum Gasteiger partial charge on any atom is -0.431 e. The number of hydrogen-bond acceptors (Lipinski definition) is 10. The second kappa shape index (κ2) is 9.19. The van der Waals surface area contributed by atoms with Crippen LogP contribution < -0.4 is 21.7 Å². The van der Waals surface area contributed by atoms with Gasteiger partial charge in [-0.1, -0.05) is 6.08 Å². The Morgan fingerprint density at radius 1 is 1.35 bits per heavy atom. The summed E-state index contributed by atoms with van der Waals surface area (Å²) in [4.78, 5) is 53.9. The van der Waals surface area contributed by atoms with Crippen LogP contribution in [0.25, 0.3) is 11.2 Å². The molecule has 178 valence electrons. The van der Waals surface area contributed by atoms with Crippen LogP contribution in [-0.2, 0) is 16.0 Å². The van der Waals surface area contributed by atoms with Crippen LogP contribution in [0.15, 0.2) is 46.5 Å². The average molecular weight is 472 g/mol. The Hall–Kier alpha value is -4.46. The van der Waals surface area contributed by atoms with Gasteiger partial charge in [-0.25, -0.2) is 14.2 Å². The molecule has 0 radical (unpaired) electrons. The molecule has 2 unspecified atom stereocenters. The molecule has 1 aliphatic rings. The van der Waals surface area contributed by atoms with Gasteiger partial charge in [-0.05, 0) is 25.0 Å². The van der Waals surface area contributed by atoms with Gasteiger partial charge in [0.1, 0.15) is 18.6 Å². The van der Waals surface area contributed by atoms with Crippen molar-refractivity contribution in [1.29, 1.82) is 0 Å². The second-order valence-electron chi connectivity index (χ2n) is 7.38. The minimum atomic E-state index is -1.01. The fourth-order valence-corrected chi connectivity index (χ4v) is 3.68. The van der Waals surface area contributed by atoms with Gasteiger partial charge in [0.25, 0.3) is 11.2 Å². The lowest BCUT2D eigenvalue weighted by Gasteiger charge is -2.15. The van der Waals surface area contributed by atoms with E-state index < -0.39 is 34.7 Å². The number of anilines is 1. The van der Waals surface area contributed by atoms with Gasteiger partial charge >= 0.3 is 11.8 Å². The van der Waals surface area contributed by atoms with E-state index in [4.69, 9.17) is 19.9 Å². The lowest BCUT2D eigenvalue weighted by atomic mass is 10.2. The number of nitrogens with one attached hydrogen (secondary N) is 1. The molecule has 1 aliphatic heterocycles. The highest BCUT2D eigenvalue weighted by atomic mass is 16.7. The summed E-state index contributed by atoms with van der Waals surface area (Å²) in [6.45, 7) is 3.54. The van der Waals surface area contributed by atoms with Crippen LogP contribution >= 0.6 is 0 Å². The Balaban J connectivity index is 1.44. The number of imidazole rings is 1. The molecule has 14 nitrogen and oxygen atoms in total. The minimum absolute atomic E-state index is 0.0501. The third kappa shape index (κ3) is 4.38. The smallest absolute Gasteiger partial charge is 0.431 e. The standard InChI is InChI=1S/C20H20N6O8/c1-2-9-24-15-16(22-18(21)23-17(15)27)25(19(24)28)14-8-7-13(33-14)10-32-20(29)34-12-5-3-11(4-6-12)26(30)31/h2-6,13-14H,1,7-10H2,(H3,21,22,23,27). The summed E-state index contributed by atoms with van der Waals surface area (Å²) < 4.78 is 18.4. The predicted molar refractivity (Wildman–Crippen MR) is 117 cm³/mol. The van der Waals surface area contributed by atoms with Crippen LogP contribution in [0, 0.1) is 10.1 Å². The number of H-pyrrole nitrogens is 1. The van der Waals surface area contributed by atoms with Crippen LogP contribution in [0.5, 0.6) is 5.75 Å². The average Bonchev–Trinajstić information content (AvgIpc) is 3.35. The molecule has 1 fully saturated rings. The summed E-state index contributed by atoms with van der Waals surface area (Å²) >= 11 is 0. The fraction of sp³-hybridized carbons (Fsp3) is 0.300. The van der Waals surface area contributed by atoms with E-state index >= 15 is 0 Å². The zero-order valence-electron chi connectivity index (χ0n) is 17.7. The molecule has 2 atom stereocenters. The van der Waals surface area contributed by atoms with E-state index in [0.717, 1.165) is 0 Å². The number of aromatic nitrogens is 4. The summed E-state index contributed by atoms with van der Waals surface area (Å²) in [5.74, 6) is -0.0647. The third-order valence-electron chi connectivity index (χ3n) is 5.15. The largest absolute Gasteiger partial charge is 0.513 e. The second-order valence-corrected chi connectivity index (χ2v) is 7.38. The molecule has 3 N–H and O–H groups in total. The number of nitro benzene ring substituents is 1. The normalized spacial score (nSPS) is 17.5. The Morgan fingerprint density at radius 2 is 2.09 bits per heavy atom. The number of carbonyl (C=O) groups is 1. The molecule has 0 aliphatic carbocycles. The van der Waals surface area contributed by atoms with Crippen molar-refractivity contribution in [1.82, 2.24) is 19.1 Å². The zero-order chi connectivity index (χ0) is 24.4. The molecule has 0 amide bonds. The van der Waals surface area contributed by atoms with E-state index in [-0.39, 0.29) is 41.7 Å². The highest BCUT2D eigenvalue weighted by Crippen LogP contribution is 2.29. The van der Waals surface area contributed by atoms with E-state index in [0.29, 0.717) is 12.8 Å². The summed E-state index contributed by atoms with van der Waals surface area (Å²) in [6, 6.07) is 4.93. The van der Waals surface area contributed by atoms with E-state index in [2.05, 4.69) is 16.5 Å². The summed E-state index contributed by atoms with van der Waals surface area (Å²) in [6.07, 6.45) is 0.0137. The highest BCUT2D eigenvalue weighted by molar-refractivity contribution is 5.71. The number of rotatable bonds is 7. The van der Waals surface area contributed by atoms with Crippen molar-refractivity contribution in [2.24, 2.45) is 0 Å². The molecular weight excluding hydrogens is 452 g/mol. The molecule has 34 heavy (non-hydrogen) atoms. The van der Waals surface area contributed by atoms with E-state index in [1.54, 1.807) is 0 Å². The summed E-state index contributed by atoms with van der Waals surface area (Å²) in [7, 11) is 0. The molecule has 3 heterocycles. The molecule has 0 saturated carbocycles. The molecular formula is C20H20N6O8. The topological polar surface area (TPSA) is 187 Å². The van der Waals surface area contributed by atoms with Crippen molar-refractivity contribution in [2.45, 2.75) is 31.7 Å². The number of hydrogen-bond donors (Lipinski definition) is 2. The molecule has 1 aromatic carbocycles. The number of ether oxygens (including phenoxy) is 3. The fourth-order valence-electron chi connectivity index (χ4n) is 3.68. The number of non-ortho nitro benzene ring substituents is 1. The van der Waals surface area contributed by atoms with Crippen molar-refractivity contribution in [3.05, 3.63) is 67.9 Å². The molecule has 0 bridgehead atoms. The maximum absolute atomic E-state index is 13.0. The Morgan fingerprint density at radius 3 is 2.76 bits per heavy atom. The number of nitrogens with zero attached hydrogens (tertiary/aromatic N) is 4. The van der Waals surface area contributed by atoms with Crippen molar-refractivity contribution in [3.63, 3.8) is 0 Å². The lowest BCUT2D eigenvalue weighted by molar-refractivity contribution is -0.384. The van der Waals surface area contributed by atoms with Crippen LogP contribution in [0.2, 0.25) is 0 Å². The van der Waals surface area contributed by atoms with Gasteiger partial charge in [0.2, 0.25) is 5.95 Å². The van der Waals surface area contributed by atoms with Crippen molar-refractivity contribution >= 4 is 29.0 Å². The Kier molecular flexibility index (Phi) is 6.14. The maximum Gasteiger partial charge on any atom is 0.513 e. The van der Waals surface area contributed by atoms with E-state index in [1.165, 1.54) is 39.5 Å². The van der Waals surface area contributed by atoms with Crippen LogP contribution in [0.1, 0.15) is 19.1 Å². The Labute approximate surface area is 190 Å². The van der Waals surface area contributed by atoms with Gasteiger partial charge in [0.15, 0.2) is 11.2 Å². The van der Waals surface area contributed by atoms with Gasteiger partial charge in [0, 0.05) is 18.7 Å². The van der Waals surface area contributed by atoms with Gasteiger partial charge in [-0.2, -0.15) is 4.98 Å². The van der Waals surface area contributed by atoms with Gasteiger partial charge in [-0.15, -0.1) is 6.58 Å². The first-order chi connectivity index (χ1) is 16.3. The number of benzene rings is 1. The van der Waals surface area contributed by atoms with Crippen LogP contribution in [0.4, 0.5) is 16.4 Å². The van der Waals surface area contributed by atoms with Gasteiger partial charge in [0.05, 0.1) is 11.0 Å². The molecule has 0 spiro atoms. The highest BCUT2D eigenvalue weighted by Gasteiger charge is 2.32. The molecule has 3 aromatic rings. The molecule has 4 rings (SSSR count). The summed E-state index contributed by atoms with van der Waals surface area (Å²) in [5.41, 5.74) is 4.58. The molecule has 2 aromatic heterocycles. The first-order valence-corrected chi connectivity index (χ1v) is 10.1. The first-order valence-electron chi connectivity index (χ1n) is 10.1. The SMILES string of the molecule is C=CCn1c(=O)n(C2CCC(COC(=O)Oc3ccc([N+](=O)[O-])cc3)O2)c2nc(N)[nH]c(=O)c21. The van der Waals surface area contributed by atoms with Crippen LogP contribution in [0.3, 0.4) is 0 Å². The zero-order valence-corrected chi connectivity index (χ0v) is 17.7. The number of aromatic amines is 1. The number of fused-ring (bicyclic) bond motifs is 1. The molecule has 14 heteroatoms. The van der Waals surface area contributed by atoms with Crippen molar-refractivity contribution < 1.29 is 23.9 Å². The first kappa shape index (κ1) is 22.7. The van der Waals surface area contributed by atoms with Crippen molar-refractivity contribution in [3.8, 4) is 5.75 Å². The number of nitro groups is 1. The van der Waals surface area contributed by atoms with E-state index in [1.807, 2.05) is 0 Å². The Bertz CT molecular complexity index is 1370. The van der Waals surface area contributed by atoms with Crippen LogP contribution in [-0.4, -0.2) is 42.9 Å². The predicted octanol–water partition coefficient (Wildman–Crippen LogP) is 1.46. The lowest BCUT2D eigenvalue weighted by Crippen LogP contribution is -2.28.